The summed E-state index contributed by atoms with van der Waals surface area (Å²) in [4.78, 5) is 0. The fourth-order valence-corrected chi connectivity index (χ4v) is 0. The third kappa shape index (κ3) is 22.1. The molecular weight excluding hydrogens is 238 g/mol. The average molecular weight is 238 g/mol. The zero-order valence-electron chi connectivity index (χ0n) is 1.57. The molecule has 0 N–H and O–H groups in total. The second-order valence-electron chi connectivity index (χ2n) is 0.0583. The largest absolute Gasteiger partial charge is 0.0209 e. The van der Waals surface area contributed by atoms with Crippen LogP contribution < -0.4 is 0 Å². The maximum Gasteiger partial charge on any atom is 0.0209 e. The van der Waals surface area contributed by atoms with Gasteiger partial charge in [-0.05, 0) is 9.05 Å². The average Bonchev–Trinajstić information content (AvgIpc) is 0.918. The second kappa shape index (κ2) is 9.70. The zero-order valence-corrected chi connectivity index (χ0v) is 4.51. The van der Waals surface area contributed by atoms with E-state index in [9.17, 15) is 0 Å². The van der Waals surface area contributed by atoms with Gasteiger partial charge in [0.2, 0.25) is 0 Å². The van der Waals surface area contributed by atoms with Gasteiger partial charge in [-0.2, -0.15) is 0 Å². The normalized spacial score (nSPS) is 4.50. The van der Waals surface area contributed by atoms with Crippen LogP contribution in [0.3, 0.4) is 0 Å². The zero-order chi connectivity index (χ0) is 2.71. The van der Waals surface area contributed by atoms with Crippen molar-refractivity contribution < 1.29 is 35.3 Å². The van der Waals surface area contributed by atoms with Gasteiger partial charge in [0, 0.05) is 26.2 Å². The first kappa shape index (κ1) is 8.82. The fraction of sp³-hybridized carbons (Fsp3) is 0. The van der Waals surface area contributed by atoms with Crippen molar-refractivity contribution >= 4 is 0 Å². The van der Waals surface area contributed by atoms with Crippen LogP contribution in [0.25, 0.3) is 0 Å². The van der Waals surface area contributed by atoms with Gasteiger partial charge in [0.05, 0.1) is 0 Å². The molecule has 0 aromatic heterocycles. The van der Waals surface area contributed by atoms with Crippen LogP contribution in [0.5, 0.6) is 0 Å². The summed E-state index contributed by atoms with van der Waals surface area (Å²) in [6.07, 6.45) is 0. The summed E-state index contributed by atoms with van der Waals surface area (Å²) >= 11 is 0. The summed E-state index contributed by atoms with van der Waals surface area (Å²) in [6, 6.07) is 0. The van der Waals surface area contributed by atoms with Crippen molar-refractivity contribution in [2.75, 3.05) is 0 Å². The molecule has 0 saturated carbocycles. The standard InChI is InChI=1S/F2O.W/c1-3-2;. The van der Waals surface area contributed by atoms with E-state index in [-0.39, 0.29) is 21.1 Å². The summed E-state index contributed by atoms with van der Waals surface area (Å²) in [5.74, 6) is 0. The fourth-order valence-electron chi connectivity index (χ4n) is 0. The van der Waals surface area contributed by atoms with Gasteiger partial charge in [-0.25, -0.2) is 0 Å². The van der Waals surface area contributed by atoms with Crippen molar-refractivity contribution in [3.8, 4) is 0 Å². The van der Waals surface area contributed by atoms with Crippen LogP contribution in [0.4, 0.5) is 9.05 Å². The van der Waals surface area contributed by atoms with E-state index in [0.29, 0.717) is 0 Å². The van der Waals surface area contributed by atoms with E-state index in [1.54, 1.807) is 0 Å². The molecule has 0 fully saturated rings. The molecule has 0 bridgehead atoms. The Morgan fingerprint density at radius 2 is 1.25 bits per heavy atom. The summed E-state index contributed by atoms with van der Waals surface area (Å²) in [5.41, 5.74) is 0. The topological polar surface area (TPSA) is 9.23 Å². The Morgan fingerprint density at radius 1 is 1.25 bits per heavy atom. The van der Waals surface area contributed by atoms with Crippen LogP contribution in [0.1, 0.15) is 0 Å². The minimum absolute atomic E-state index is 0. The summed E-state index contributed by atoms with van der Waals surface area (Å²) in [7, 11) is 0. The molecule has 0 aromatic rings. The molecule has 0 spiro atoms. The van der Waals surface area contributed by atoms with E-state index < -0.39 is 0 Å². The van der Waals surface area contributed by atoms with E-state index in [4.69, 9.17) is 9.05 Å². The first-order valence-corrected chi connectivity index (χ1v) is 0.309. The Bertz CT molecular complexity index is 6.00. The van der Waals surface area contributed by atoms with Crippen molar-refractivity contribution in [1.82, 2.24) is 0 Å². The van der Waals surface area contributed by atoms with Crippen molar-refractivity contribution in [2.45, 2.75) is 0 Å². The minimum Gasteiger partial charge on any atom is -0.0104 e. The number of rotatable bonds is 0. The molecule has 0 saturated heterocycles. The first-order valence-electron chi connectivity index (χ1n) is 0.309. The third-order valence-corrected chi connectivity index (χ3v) is 0. The molecule has 0 aliphatic carbocycles. The first-order chi connectivity index (χ1) is 1.41. The molecule has 0 aliphatic heterocycles. The molecule has 0 aromatic carbocycles. The van der Waals surface area contributed by atoms with Crippen molar-refractivity contribution in [2.24, 2.45) is 0 Å². The van der Waals surface area contributed by atoms with Gasteiger partial charge < -0.3 is 0 Å². The number of hydrogen-bond donors (Lipinski definition) is 0. The Kier molecular flexibility index (Phi) is 21.4. The third-order valence-electron chi connectivity index (χ3n) is 0. The summed E-state index contributed by atoms with van der Waals surface area (Å²) in [6.45, 7) is 0. The Morgan fingerprint density at radius 3 is 1.25 bits per heavy atom. The molecule has 0 amide bonds. The quantitative estimate of drug-likeness (QED) is 0.605. The van der Waals surface area contributed by atoms with Crippen LogP contribution in [0.2, 0.25) is 0 Å². The van der Waals surface area contributed by atoms with Crippen LogP contribution in [-0.2, 0) is 26.2 Å². The van der Waals surface area contributed by atoms with E-state index >= 15 is 0 Å². The monoisotopic (exact) mass is 238 g/mol. The molecule has 0 radical (unpaired) electrons. The van der Waals surface area contributed by atoms with E-state index in [1.807, 2.05) is 0 Å². The van der Waals surface area contributed by atoms with Crippen molar-refractivity contribution in [3.05, 3.63) is 0 Å². The maximum atomic E-state index is 9.12. The van der Waals surface area contributed by atoms with Crippen molar-refractivity contribution in [3.63, 3.8) is 0 Å². The maximum absolute atomic E-state index is 9.12. The molecule has 4 heavy (non-hydrogen) atoms. The second-order valence-corrected chi connectivity index (χ2v) is 0.0583. The van der Waals surface area contributed by atoms with Gasteiger partial charge in [-0.3, -0.25) is 0 Å². The Labute approximate surface area is 36.0 Å². The van der Waals surface area contributed by atoms with E-state index in [1.165, 1.54) is 5.15 Å². The van der Waals surface area contributed by atoms with Gasteiger partial charge in [-0.1, -0.05) is 0 Å². The molecule has 0 atom stereocenters. The molecule has 1 nitrogen and oxygen atoms in total. The summed E-state index contributed by atoms with van der Waals surface area (Å²) in [5, 5.41) is 1.25. The van der Waals surface area contributed by atoms with Crippen LogP contribution in [-0.4, -0.2) is 0 Å². The molecule has 0 unspecified atom stereocenters. The molecule has 4 heteroatoms. The number of halogens is 2. The molecule has 0 heterocycles. The molecular formula is F2OW. The molecule has 0 rings (SSSR count). The van der Waals surface area contributed by atoms with Gasteiger partial charge in [0.25, 0.3) is 0 Å². The summed E-state index contributed by atoms with van der Waals surface area (Å²) < 4.78 is 18.2. The van der Waals surface area contributed by atoms with Gasteiger partial charge in [0.1, 0.15) is 0 Å². The molecule has 0 aliphatic rings. The molecule has 26 valence electrons. The predicted octanol–water partition coefficient (Wildman–Crippen LogP) is 0.770. The number of hydrogen-bond acceptors (Lipinski definition) is 1. The SMILES string of the molecule is FOF.[W]. The Balaban J connectivity index is 0. The van der Waals surface area contributed by atoms with E-state index in [2.05, 4.69) is 0 Å². The minimum atomic E-state index is 0. The van der Waals surface area contributed by atoms with Crippen LogP contribution >= 0.6 is 0 Å². The van der Waals surface area contributed by atoms with Gasteiger partial charge in [0.15, 0.2) is 0 Å². The smallest absolute Gasteiger partial charge is 0.0104 e. The van der Waals surface area contributed by atoms with E-state index in [0.717, 1.165) is 0 Å². The van der Waals surface area contributed by atoms with Crippen LogP contribution in [0, 0.1) is 0 Å². The van der Waals surface area contributed by atoms with Crippen LogP contribution in [0.15, 0.2) is 0 Å². The predicted molar refractivity (Wildman–Crippen MR) is 3.30 cm³/mol. The van der Waals surface area contributed by atoms with Crippen molar-refractivity contribution in [1.29, 1.82) is 0 Å². The van der Waals surface area contributed by atoms with Gasteiger partial charge in [-0.15, -0.1) is 0 Å². The van der Waals surface area contributed by atoms with Gasteiger partial charge >= 0.3 is 0 Å². The Hall–Kier alpha value is 0.508.